The lowest BCUT2D eigenvalue weighted by molar-refractivity contribution is -0.870. The zero-order chi connectivity index (χ0) is 38.8. The number of phosphoric acid groups is 1. The van der Waals surface area contributed by atoms with Crippen molar-refractivity contribution in [2.24, 2.45) is 5.92 Å². The van der Waals surface area contributed by atoms with Crippen molar-refractivity contribution in [2.45, 2.75) is 194 Å². The first kappa shape index (κ1) is 50.8. The van der Waals surface area contributed by atoms with E-state index in [1.54, 1.807) is 0 Å². The van der Waals surface area contributed by atoms with Crippen molar-refractivity contribution in [3.63, 3.8) is 0 Å². The van der Waals surface area contributed by atoms with E-state index in [9.17, 15) is 19.0 Å². The molecule has 0 aliphatic rings. The van der Waals surface area contributed by atoms with E-state index in [1.807, 2.05) is 21.1 Å². The van der Waals surface area contributed by atoms with Gasteiger partial charge in [-0.3, -0.25) is 14.2 Å². The Labute approximate surface area is 320 Å². The second-order valence-corrected chi connectivity index (χ2v) is 17.6. The lowest BCUT2D eigenvalue weighted by Gasteiger charge is -2.28. The van der Waals surface area contributed by atoms with Crippen LogP contribution in [0.25, 0.3) is 0 Å². The fourth-order valence-electron chi connectivity index (χ4n) is 5.83. The predicted octanol–water partition coefficient (Wildman–Crippen LogP) is 11.0. The molecular formula is C42H82NO8P. The Morgan fingerprint density at radius 3 is 1.60 bits per heavy atom. The molecule has 0 saturated heterocycles. The number of likely N-dealkylation sites (N-methyl/N-ethyl adjacent to an activating group) is 1. The maximum Gasteiger partial charge on any atom is 0.306 e. The van der Waals surface area contributed by atoms with Gasteiger partial charge in [-0.2, -0.15) is 0 Å². The molecule has 52 heavy (non-hydrogen) atoms. The van der Waals surface area contributed by atoms with Crippen LogP contribution in [-0.4, -0.2) is 70.0 Å². The van der Waals surface area contributed by atoms with Crippen LogP contribution in [-0.2, 0) is 32.7 Å². The van der Waals surface area contributed by atoms with Crippen LogP contribution in [0.3, 0.4) is 0 Å². The smallest absolute Gasteiger partial charge is 0.306 e. The molecule has 0 aromatic rings. The summed E-state index contributed by atoms with van der Waals surface area (Å²) in [5, 5.41) is 0. The third-order valence-corrected chi connectivity index (χ3v) is 10.2. The third-order valence-electron chi connectivity index (χ3n) is 9.21. The van der Waals surface area contributed by atoms with Crippen LogP contribution in [0.15, 0.2) is 12.2 Å². The van der Waals surface area contributed by atoms with E-state index in [2.05, 4.69) is 32.9 Å². The Kier molecular flexibility index (Phi) is 33.4. The summed E-state index contributed by atoms with van der Waals surface area (Å²) in [5.74, 6) is -0.0389. The summed E-state index contributed by atoms with van der Waals surface area (Å²) in [6.45, 7) is 6.54. The van der Waals surface area contributed by atoms with E-state index in [4.69, 9.17) is 18.5 Å². The number of allylic oxidation sites excluding steroid dienone is 2. The van der Waals surface area contributed by atoms with Gasteiger partial charge in [-0.05, 0) is 44.4 Å². The number of quaternary nitrogens is 1. The Morgan fingerprint density at radius 1 is 0.635 bits per heavy atom. The van der Waals surface area contributed by atoms with Crippen molar-refractivity contribution in [3.05, 3.63) is 12.2 Å². The topological polar surface area (TPSA) is 111 Å². The Bertz CT molecular complexity index is 920. The molecule has 0 radical (unpaired) electrons. The molecule has 0 aliphatic heterocycles. The van der Waals surface area contributed by atoms with Gasteiger partial charge in [-0.15, -0.1) is 0 Å². The maximum atomic E-state index is 12.6. The van der Waals surface area contributed by atoms with Gasteiger partial charge in [0.1, 0.15) is 19.8 Å². The number of carbonyl (C=O) groups excluding carboxylic acids is 2. The highest BCUT2D eigenvalue weighted by molar-refractivity contribution is 7.45. The summed E-state index contributed by atoms with van der Waals surface area (Å²) < 4.78 is 33.8. The average molecular weight is 760 g/mol. The first-order chi connectivity index (χ1) is 24.8. The minimum Gasteiger partial charge on any atom is -0.756 e. The zero-order valence-electron chi connectivity index (χ0n) is 34.7. The molecule has 0 aromatic carbocycles. The molecule has 0 aromatic heterocycles. The van der Waals surface area contributed by atoms with E-state index < -0.39 is 26.5 Å². The van der Waals surface area contributed by atoms with Gasteiger partial charge in [-0.1, -0.05) is 148 Å². The molecule has 0 bridgehead atoms. The first-order valence-electron chi connectivity index (χ1n) is 21.2. The number of hydrogen-bond acceptors (Lipinski definition) is 8. The molecule has 0 aliphatic carbocycles. The van der Waals surface area contributed by atoms with Crippen LogP contribution in [0.2, 0.25) is 0 Å². The molecule has 0 spiro atoms. The van der Waals surface area contributed by atoms with Crippen molar-refractivity contribution in [2.75, 3.05) is 47.5 Å². The highest BCUT2D eigenvalue weighted by atomic mass is 31.2. The quantitative estimate of drug-likeness (QED) is 0.0201. The summed E-state index contributed by atoms with van der Waals surface area (Å²) in [4.78, 5) is 37.4. The summed E-state index contributed by atoms with van der Waals surface area (Å²) in [6.07, 6.45) is 32.4. The minimum atomic E-state index is -4.62. The van der Waals surface area contributed by atoms with Crippen molar-refractivity contribution in [1.29, 1.82) is 0 Å². The monoisotopic (exact) mass is 760 g/mol. The molecule has 2 atom stereocenters. The molecule has 0 heterocycles. The standard InChI is InChI=1S/C42H82NO8P/c1-7-8-9-10-11-12-13-14-15-16-17-22-25-28-31-34-42(45)51-40(38-50-52(46,47)49-36-35-43(4,5)6)37-48-41(44)33-30-27-24-21-19-18-20-23-26-29-32-39(2)3/h14-15,39-40H,7-13,16-38H2,1-6H3/b15-14-/t40-/m1/s1. The zero-order valence-corrected chi connectivity index (χ0v) is 35.6. The molecule has 1 unspecified atom stereocenters. The Morgan fingerprint density at radius 2 is 1.10 bits per heavy atom. The molecule has 10 heteroatoms. The van der Waals surface area contributed by atoms with E-state index in [0.717, 1.165) is 57.3 Å². The number of rotatable bonds is 38. The lowest BCUT2D eigenvalue weighted by atomic mass is 10.0. The van der Waals surface area contributed by atoms with Crippen molar-refractivity contribution in [3.8, 4) is 0 Å². The number of unbranched alkanes of at least 4 members (excludes halogenated alkanes) is 20. The molecule has 0 fully saturated rings. The number of ether oxygens (including phenoxy) is 2. The Hall–Kier alpha value is -1.25. The molecule has 0 amide bonds. The lowest BCUT2D eigenvalue weighted by Crippen LogP contribution is -2.37. The van der Waals surface area contributed by atoms with Crippen LogP contribution >= 0.6 is 7.82 Å². The third kappa shape index (κ3) is 38.5. The second-order valence-electron chi connectivity index (χ2n) is 16.2. The van der Waals surface area contributed by atoms with Crippen LogP contribution < -0.4 is 4.89 Å². The van der Waals surface area contributed by atoms with Gasteiger partial charge in [0.05, 0.1) is 27.7 Å². The van der Waals surface area contributed by atoms with E-state index in [1.165, 1.54) is 96.3 Å². The van der Waals surface area contributed by atoms with Gasteiger partial charge in [0.25, 0.3) is 7.82 Å². The van der Waals surface area contributed by atoms with Crippen LogP contribution in [0, 0.1) is 5.92 Å². The largest absolute Gasteiger partial charge is 0.756 e. The first-order valence-corrected chi connectivity index (χ1v) is 22.7. The van der Waals surface area contributed by atoms with E-state index >= 15 is 0 Å². The van der Waals surface area contributed by atoms with Crippen molar-refractivity contribution in [1.82, 2.24) is 0 Å². The minimum absolute atomic E-state index is 0.0301. The van der Waals surface area contributed by atoms with Crippen LogP contribution in [0.5, 0.6) is 0 Å². The molecule has 0 N–H and O–H groups in total. The fourth-order valence-corrected chi connectivity index (χ4v) is 6.56. The molecular weight excluding hydrogens is 677 g/mol. The average Bonchev–Trinajstić information content (AvgIpc) is 3.07. The maximum absolute atomic E-state index is 12.6. The normalized spacial score (nSPS) is 13.8. The molecule has 308 valence electrons. The van der Waals surface area contributed by atoms with Crippen LogP contribution in [0.4, 0.5) is 0 Å². The van der Waals surface area contributed by atoms with Gasteiger partial charge in [0.2, 0.25) is 0 Å². The van der Waals surface area contributed by atoms with Gasteiger partial charge in [0, 0.05) is 12.8 Å². The number of phosphoric ester groups is 1. The van der Waals surface area contributed by atoms with Gasteiger partial charge in [-0.25, -0.2) is 0 Å². The summed E-state index contributed by atoms with van der Waals surface area (Å²) in [7, 11) is 1.17. The van der Waals surface area contributed by atoms with Gasteiger partial charge in [0.15, 0.2) is 6.10 Å². The Balaban J connectivity index is 4.38. The predicted molar refractivity (Wildman–Crippen MR) is 213 cm³/mol. The number of hydrogen-bond donors (Lipinski definition) is 0. The van der Waals surface area contributed by atoms with E-state index in [0.29, 0.717) is 17.4 Å². The highest BCUT2D eigenvalue weighted by Gasteiger charge is 2.21. The fraction of sp³-hybridized carbons (Fsp3) is 0.905. The summed E-state index contributed by atoms with van der Waals surface area (Å²) >= 11 is 0. The molecule has 9 nitrogen and oxygen atoms in total. The summed E-state index contributed by atoms with van der Waals surface area (Å²) in [5.41, 5.74) is 0. The van der Waals surface area contributed by atoms with Crippen LogP contribution in [0.1, 0.15) is 188 Å². The number of nitrogens with zero attached hydrogens (tertiary/aromatic N) is 1. The summed E-state index contributed by atoms with van der Waals surface area (Å²) in [6, 6.07) is 0. The van der Waals surface area contributed by atoms with Gasteiger partial charge < -0.3 is 27.9 Å². The molecule has 0 saturated carbocycles. The highest BCUT2D eigenvalue weighted by Crippen LogP contribution is 2.38. The molecule has 0 rings (SSSR count). The second kappa shape index (κ2) is 34.3. The number of carbonyl (C=O) groups is 2. The SMILES string of the molecule is CCCCCCCC/C=C\CCCCCCCC(=O)O[C@H](COC(=O)CCCCCCCCCCCCC(C)C)COP(=O)([O-])OCC[N+](C)(C)C. The van der Waals surface area contributed by atoms with Gasteiger partial charge >= 0.3 is 11.9 Å². The van der Waals surface area contributed by atoms with Crippen molar-refractivity contribution < 1.29 is 42.1 Å². The van der Waals surface area contributed by atoms with Crippen molar-refractivity contribution >= 4 is 19.8 Å². The van der Waals surface area contributed by atoms with E-state index in [-0.39, 0.29) is 32.0 Å². The number of esters is 2.